The van der Waals surface area contributed by atoms with Crippen LogP contribution in [-0.2, 0) is 11.1 Å². The Morgan fingerprint density at radius 1 is 1.58 bits per heavy atom. The second-order valence-corrected chi connectivity index (χ2v) is 4.58. The summed E-state index contributed by atoms with van der Waals surface area (Å²) in [5.74, 6) is 1.20. The highest BCUT2D eigenvalue weighted by atomic mass is 32.2. The Labute approximate surface area is 76.4 Å². The van der Waals surface area contributed by atoms with Crippen LogP contribution in [0.5, 0.6) is 0 Å². The van der Waals surface area contributed by atoms with Gasteiger partial charge >= 0.3 is 0 Å². The highest BCUT2D eigenvalue weighted by Crippen LogP contribution is 2.29. The van der Waals surface area contributed by atoms with Crippen LogP contribution in [0.15, 0.2) is 0 Å². The minimum Gasteiger partial charge on any atom is -0.772 e. The minimum absolute atomic E-state index is 0.301. The lowest BCUT2D eigenvalue weighted by Gasteiger charge is -2.16. The number of hydrogen-bond donors (Lipinski definition) is 0. The molecule has 0 aromatic carbocycles. The van der Waals surface area contributed by atoms with Crippen molar-refractivity contribution in [1.82, 2.24) is 4.90 Å². The molecule has 1 saturated carbocycles. The van der Waals surface area contributed by atoms with Crippen molar-refractivity contribution in [3.63, 3.8) is 0 Å². The topological polar surface area (TPSA) is 43.4 Å². The Kier molecular flexibility index (Phi) is 4.18. The number of hydrogen-bond acceptors (Lipinski definition) is 3. The van der Waals surface area contributed by atoms with Gasteiger partial charge < -0.3 is 9.45 Å². The van der Waals surface area contributed by atoms with Crippen LogP contribution in [-0.4, -0.2) is 39.6 Å². The number of rotatable bonds is 6. The maximum atomic E-state index is 10.2. The Bertz CT molecular complexity index is 159. The van der Waals surface area contributed by atoms with E-state index in [1.165, 1.54) is 12.8 Å². The fraction of sp³-hybridized carbons (Fsp3) is 1.00. The van der Waals surface area contributed by atoms with E-state index in [9.17, 15) is 8.76 Å². The molecule has 0 saturated heterocycles. The van der Waals surface area contributed by atoms with Gasteiger partial charge in [0.05, 0.1) is 0 Å². The largest absolute Gasteiger partial charge is 0.772 e. The van der Waals surface area contributed by atoms with Crippen LogP contribution in [0.3, 0.4) is 0 Å². The molecule has 1 unspecified atom stereocenters. The van der Waals surface area contributed by atoms with Crippen LogP contribution in [0.4, 0.5) is 0 Å². The smallest absolute Gasteiger partial charge is 0.0114 e. The van der Waals surface area contributed by atoms with E-state index in [1.54, 1.807) is 0 Å². The van der Waals surface area contributed by atoms with E-state index in [1.807, 2.05) is 0 Å². The molecular formula is C8H16NO2S-. The standard InChI is InChI=1S/C8H17NO2S/c1-9(7-8-3-4-8)5-2-6-12(10)11/h8H,2-7H2,1H3,(H,10,11)/p-1. The zero-order valence-electron chi connectivity index (χ0n) is 7.49. The molecule has 0 radical (unpaired) electrons. The van der Waals surface area contributed by atoms with Crippen molar-refractivity contribution in [1.29, 1.82) is 0 Å². The molecule has 0 aliphatic heterocycles. The lowest BCUT2D eigenvalue weighted by Crippen LogP contribution is -2.23. The van der Waals surface area contributed by atoms with Crippen molar-refractivity contribution in [2.45, 2.75) is 19.3 Å². The van der Waals surface area contributed by atoms with Gasteiger partial charge in [0, 0.05) is 12.3 Å². The molecule has 0 amide bonds. The first kappa shape index (κ1) is 10.2. The highest BCUT2D eigenvalue weighted by molar-refractivity contribution is 7.79. The van der Waals surface area contributed by atoms with Crippen LogP contribution >= 0.6 is 0 Å². The summed E-state index contributed by atoms with van der Waals surface area (Å²) in [5.41, 5.74) is 0. The van der Waals surface area contributed by atoms with Crippen LogP contribution in [0.2, 0.25) is 0 Å². The van der Waals surface area contributed by atoms with Crippen LogP contribution in [0, 0.1) is 5.92 Å². The van der Waals surface area contributed by atoms with E-state index in [-0.39, 0.29) is 0 Å². The molecule has 1 rings (SSSR count). The van der Waals surface area contributed by atoms with Crippen molar-refractivity contribution >= 4 is 11.1 Å². The summed E-state index contributed by atoms with van der Waals surface area (Å²) in [6.45, 7) is 2.05. The van der Waals surface area contributed by atoms with E-state index in [4.69, 9.17) is 0 Å². The molecule has 0 aromatic heterocycles. The van der Waals surface area contributed by atoms with Crippen molar-refractivity contribution in [3.05, 3.63) is 0 Å². The van der Waals surface area contributed by atoms with Gasteiger partial charge in [-0.05, 0) is 38.8 Å². The minimum atomic E-state index is -1.86. The molecule has 0 N–H and O–H groups in total. The molecule has 4 heteroatoms. The normalized spacial score (nSPS) is 19.9. The van der Waals surface area contributed by atoms with Gasteiger partial charge in [-0.25, -0.2) is 0 Å². The molecule has 72 valence electrons. The zero-order chi connectivity index (χ0) is 8.97. The summed E-state index contributed by atoms with van der Waals surface area (Å²) in [5, 5.41) is 0. The van der Waals surface area contributed by atoms with Gasteiger partial charge in [0.25, 0.3) is 0 Å². The summed E-state index contributed by atoms with van der Waals surface area (Å²) in [6, 6.07) is 0. The lowest BCUT2D eigenvalue weighted by molar-refractivity contribution is 0.321. The second kappa shape index (κ2) is 4.94. The lowest BCUT2D eigenvalue weighted by atomic mass is 10.3. The molecular weight excluding hydrogens is 174 g/mol. The Hall–Kier alpha value is 0.0700. The van der Waals surface area contributed by atoms with Gasteiger partial charge in [0.1, 0.15) is 0 Å². The van der Waals surface area contributed by atoms with Gasteiger partial charge in [-0.1, -0.05) is 11.1 Å². The van der Waals surface area contributed by atoms with E-state index >= 15 is 0 Å². The molecule has 3 nitrogen and oxygen atoms in total. The first-order valence-electron chi connectivity index (χ1n) is 4.43. The molecule has 1 aliphatic carbocycles. The van der Waals surface area contributed by atoms with Gasteiger partial charge in [-0.15, -0.1) is 0 Å². The van der Waals surface area contributed by atoms with Crippen molar-refractivity contribution < 1.29 is 8.76 Å². The molecule has 0 bridgehead atoms. The molecule has 0 spiro atoms. The third-order valence-electron chi connectivity index (χ3n) is 2.12. The van der Waals surface area contributed by atoms with E-state index in [0.717, 1.165) is 25.4 Å². The van der Waals surface area contributed by atoms with E-state index < -0.39 is 11.1 Å². The highest BCUT2D eigenvalue weighted by Gasteiger charge is 2.22. The third-order valence-corrected chi connectivity index (χ3v) is 2.74. The second-order valence-electron chi connectivity index (χ2n) is 3.57. The summed E-state index contributed by atoms with van der Waals surface area (Å²) < 4.78 is 20.4. The summed E-state index contributed by atoms with van der Waals surface area (Å²) in [4.78, 5) is 2.23. The fourth-order valence-electron chi connectivity index (χ4n) is 1.28. The summed E-state index contributed by atoms with van der Waals surface area (Å²) >= 11 is -1.86. The summed E-state index contributed by atoms with van der Waals surface area (Å²) in [6.07, 6.45) is 3.48. The van der Waals surface area contributed by atoms with Crippen molar-refractivity contribution in [2.24, 2.45) is 5.92 Å². The van der Waals surface area contributed by atoms with Crippen LogP contribution in [0.25, 0.3) is 0 Å². The first-order valence-corrected chi connectivity index (χ1v) is 5.67. The van der Waals surface area contributed by atoms with Crippen LogP contribution in [0.1, 0.15) is 19.3 Å². The van der Waals surface area contributed by atoms with Gasteiger partial charge in [0.15, 0.2) is 0 Å². The van der Waals surface area contributed by atoms with Gasteiger partial charge in [-0.2, -0.15) is 0 Å². The average Bonchev–Trinajstić information content (AvgIpc) is 2.70. The van der Waals surface area contributed by atoms with E-state index in [2.05, 4.69) is 11.9 Å². The first-order chi connectivity index (χ1) is 5.68. The fourth-order valence-corrected chi connectivity index (χ4v) is 1.65. The summed E-state index contributed by atoms with van der Waals surface area (Å²) in [7, 11) is 2.06. The Morgan fingerprint density at radius 2 is 2.25 bits per heavy atom. The van der Waals surface area contributed by atoms with Gasteiger partial charge in [0.2, 0.25) is 0 Å². The zero-order valence-corrected chi connectivity index (χ0v) is 8.31. The molecule has 0 aromatic rings. The average molecular weight is 190 g/mol. The Morgan fingerprint density at radius 3 is 2.75 bits per heavy atom. The van der Waals surface area contributed by atoms with Crippen LogP contribution < -0.4 is 0 Å². The molecule has 12 heavy (non-hydrogen) atoms. The molecule has 1 fully saturated rings. The quantitative estimate of drug-likeness (QED) is 0.576. The maximum Gasteiger partial charge on any atom is 0.0114 e. The SMILES string of the molecule is CN(CCCS(=O)[O-])CC1CC1. The molecule has 1 aliphatic rings. The maximum absolute atomic E-state index is 10.2. The van der Waals surface area contributed by atoms with Crippen molar-refractivity contribution in [2.75, 3.05) is 25.9 Å². The predicted molar refractivity (Wildman–Crippen MR) is 48.6 cm³/mol. The molecule has 1 atom stereocenters. The molecule has 0 heterocycles. The monoisotopic (exact) mass is 190 g/mol. The van der Waals surface area contributed by atoms with E-state index in [0.29, 0.717) is 5.75 Å². The number of nitrogens with zero attached hydrogens (tertiary/aromatic N) is 1. The van der Waals surface area contributed by atoms with Gasteiger partial charge in [-0.3, -0.25) is 4.21 Å². The Balaban J connectivity index is 1.93. The third kappa shape index (κ3) is 4.85. The predicted octanol–water partition coefficient (Wildman–Crippen LogP) is 0.597. The van der Waals surface area contributed by atoms with Crippen molar-refractivity contribution in [3.8, 4) is 0 Å².